The minimum absolute atomic E-state index is 0.0401. The number of hydrazine groups is 1. The number of carboxylic acids is 1. The molecule has 1 aromatic heterocycles. The van der Waals surface area contributed by atoms with Gasteiger partial charge in [0.15, 0.2) is 0 Å². The standard InChI is InChI=1S/C13H12BrN3O5S/c1-17-7-9(14)6-11(17)12(18)15-16-23(21,22)10-4-2-8(3-5-10)13(19)20/h2-7,16H,1H3,(H,15,18)(H,19,20). The second kappa shape index (κ2) is 6.52. The van der Waals surface area contributed by atoms with E-state index in [1.54, 1.807) is 13.2 Å². The first-order chi connectivity index (χ1) is 10.7. The molecule has 0 spiro atoms. The number of amides is 1. The number of carbonyl (C=O) groups excluding carboxylic acids is 1. The summed E-state index contributed by atoms with van der Waals surface area (Å²) in [5, 5.41) is 8.78. The zero-order chi connectivity index (χ0) is 17.2. The van der Waals surface area contributed by atoms with Crippen molar-refractivity contribution in [3.8, 4) is 0 Å². The fourth-order valence-corrected chi connectivity index (χ4v) is 3.13. The maximum Gasteiger partial charge on any atom is 0.335 e. The van der Waals surface area contributed by atoms with Gasteiger partial charge in [0, 0.05) is 17.7 Å². The molecule has 0 saturated carbocycles. The molecule has 10 heteroatoms. The Morgan fingerprint density at radius 2 is 1.83 bits per heavy atom. The molecule has 1 amide bonds. The number of hydrogen-bond acceptors (Lipinski definition) is 4. The van der Waals surface area contributed by atoms with Gasteiger partial charge in [-0.25, -0.2) is 13.2 Å². The van der Waals surface area contributed by atoms with Crippen LogP contribution in [0, 0.1) is 0 Å². The lowest BCUT2D eigenvalue weighted by molar-refractivity contribution is 0.0696. The zero-order valence-electron chi connectivity index (χ0n) is 11.8. The highest BCUT2D eigenvalue weighted by Gasteiger charge is 2.18. The first kappa shape index (κ1) is 17.2. The van der Waals surface area contributed by atoms with Gasteiger partial charge < -0.3 is 9.67 Å². The van der Waals surface area contributed by atoms with Gasteiger partial charge in [0.1, 0.15) is 5.69 Å². The number of carbonyl (C=O) groups is 2. The number of sulfonamides is 1. The molecule has 23 heavy (non-hydrogen) atoms. The van der Waals surface area contributed by atoms with E-state index in [9.17, 15) is 18.0 Å². The summed E-state index contributed by atoms with van der Waals surface area (Å²) in [6.07, 6.45) is 1.65. The molecule has 3 N–H and O–H groups in total. The van der Waals surface area contributed by atoms with E-state index in [0.717, 1.165) is 24.3 Å². The minimum atomic E-state index is -4.01. The summed E-state index contributed by atoms with van der Waals surface area (Å²) in [6.45, 7) is 0. The SMILES string of the molecule is Cn1cc(Br)cc1C(=O)NNS(=O)(=O)c1ccc(C(=O)O)cc1. The highest BCUT2D eigenvalue weighted by Crippen LogP contribution is 2.14. The smallest absolute Gasteiger partial charge is 0.335 e. The summed E-state index contributed by atoms with van der Waals surface area (Å²) >= 11 is 3.21. The van der Waals surface area contributed by atoms with Crippen LogP contribution in [0.2, 0.25) is 0 Å². The van der Waals surface area contributed by atoms with Crippen molar-refractivity contribution in [2.24, 2.45) is 7.05 Å². The largest absolute Gasteiger partial charge is 0.478 e. The highest BCUT2D eigenvalue weighted by atomic mass is 79.9. The fraction of sp³-hybridized carbons (Fsp3) is 0.0769. The molecule has 0 aliphatic carbocycles. The monoisotopic (exact) mass is 401 g/mol. The number of aromatic carboxylic acids is 1. The summed E-state index contributed by atoms with van der Waals surface area (Å²) in [4.78, 5) is 24.5. The molecule has 0 radical (unpaired) electrons. The van der Waals surface area contributed by atoms with Crippen LogP contribution in [0.5, 0.6) is 0 Å². The second-order valence-corrected chi connectivity index (χ2v) is 7.14. The lowest BCUT2D eigenvalue weighted by Crippen LogP contribution is -2.42. The molecule has 0 fully saturated rings. The molecule has 2 aromatic rings. The zero-order valence-corrected chi connectivity index (χ0v) is 14.2. The van der Waals surface area contributed by atoms with Crippen LogP contribution in [0.1, 0.15) is 20.8 Å². The lowest BCUT2D eigenvalue weighted by Gasteiger charge is -2.09. The van der Waals surface area contributed by atoms with Crippen LogP contribution in [0.15, 0.2) is 45.9 Å². The van der Waals surface area contributed by atoms with Gasteiger partial charge in [-0.05, 0) is 46.3 Å². The molecule has 0 atom stereocenters. The van der Waals surface area contributed by atoms with Crippen molar-refractivity contribution >= 4 is 37.8 Å². The lowest BCUT2D eigenvalue weighted by atomic mass is 10.2. The number of nitrogens with zero attached hydrogens (tertiary/aromatic N) is 1. The Labute approximate surface area is 140 Å². The Bertz CT molecular complexity index is 858. The average molecular weight is 402 g/mol. The third-order valence-electron chi connectivity index (χ3n) is 2.91. The normalized spacial score (nSPS) is 11.2. The molecule has 0 bridgehead atoms. The van der Waals surface area contributed by atoms with Gasteiger partial charge in [0.2, 0.25) is 0 Å². The predicted molar refractivity (Wildman–Crippen MR) is 84.3 cm³/mol. The molecular formula is C13H12BrN3O5S. The molecule has 122 valence electrons. The molecule has 1 aromatic carbocycles. The van der Waals surface area contributed by atoms with Crippen LogP contribution in [0.3, 0.4) is 0 Å². The third-order valence-corrected chi connectivity index (χ3v) is 4.61. The van der Waals surface area contributed by atoms with Gasteiger partial charge in [-0.3, -0.25) is 10.2 Å². The first-order valence-electron chi connectivity index (χ1n) is 6.18. The topological polar surface area (TPSA) is 118 Å². The Hall–Kier alpha value is -2.17. The summed E-state index contributed by atoms with van der Waals surface area (Å²) < 4.78 is 26.3. The number of carboxylic acid groups (broad SMARTS) is 1. The van der Waals surface area contributed by atoms with Gasteiger partial charge in [-0.2, -0.15) is 0 Å². The molecule has 1 heterocycles. The van der Waals surface area contributed by atoms with E-state index in [2.05, 4.69) is 21.4 Å². The maximum absolute atomic E-state index is 12.0. The van der Waals surface area contributed by atoms with Crippen LogP contribution >= 0.6 is 15.9 Å². The van der Waals surface area contributed by atoms with Gasteiger partial charge in [-0.1, -0.05) is 0 Å². The van der Waals surface area contributed by atoms with Crippen LogP contribution in [0.4, 0.5) is 0 Å². The number of aromatic nitrogens is 1. The van der Waals surface area contributed by atoms with Crippen LogP contribution in [-0.4, -0.2) is 30.0 Å². The summed E-state index contributed by atoms with van der Waals surface area (Å²) in [5.41, 5.74) is 2.30. The molecule has 0 aliphatic rings. The van der Waals surface area contributed by atoms with Crippen LogP contribution in [0.25, 0.3) is 0 Å². The third kappa shape index (κ3) is 3.97. The van der Waals surface area contributed by atoms with E-state index in [0.29, 0.717) is 4.47 Å². The Morgan fingerprint density at radius 3 is 2.30 bits per heavy atom. The summed E-state index contributed by atoms with van der Waals surface area (Å²) in [7, 11) is -2.37. The number of halogens is 1. The van der Waals surface area contributed by atoms with Gasteiger partial charge in [0.25, 0.3) is 15.9 Å². The Kier molecular flexibility index (Phi) is 4.88. The molecular weight excluding hydrogens is 390 g/mol. The van der Waals surface area contributed by atoms with Crippen molar-refractivity contribution in [2.75, 3.05) is 0 Å². The molecule has 0 unspecified atom stereocenters. The van der Waals surface area contributed by atoms with Crippen LogP contribution < -0.4 is 10.3 Å². The minimum Gasteiger partial charge on any atom is -0.478 e. The Morgan fingerprint density at radius 1 is 1.22 bits per heavy atom. The predicted octanol–water partition coefficient (Wildman–Crippen LogP) is 1.11. The molecule has 8 nitrogen and oxygen atoms in total. The van der Waals surface area contributed by atoms with Crippen molar-refractivity contribution in [3.63, 3.8) is 0 Å². The maximum atomic E-state index is 12.0. The van der Waals surface area contributed by atoms with E-state index in [-0.39, 0.29) is 16.2 Å². The van der Waals surface area contributed by atoms with Crippen molar-refractivity contribution in [2.45, 2.75) is 4.90 Å². The molecule has 2 rings (SSSR count). The second-order valence-electron chi connectivity index (χ2n) is 4.54. The van der Waals surface area contributed by atoms with Crippen LogP contribution in [-0.2, 0) is 17.1 Å². The van der Waals surface area contributed by atoms with E-state index in [4.69, 9.17) is 5.11 Å². The number of aryl methyl sites for hydroxylation is 1. The van der Waals surface area contributed by atoms with Gasteiger partial charge >= 0.3 is 5.97 Å². The molecule has 0 saturated heterocycles. The Balaban J connectivity index is 2.11. The number of nitrogens with one attached hydrogen (secondary N) is 2. The van der Waals surface area contributed by atoms with Gasteiger partial charge in [0.05, 0.1) is 10.5 Å². The van der Waals surface area contributed by atoms with E-state index in [1.165, 1.54) is 10.6 Å². The summed E-state index contributed by atoms with van der Waals surface area (Å²) in [5.74, 6) is -1.80. The van der Waals surface area contributed by atoms with E-state index >= 15 is 0 Å². The first-order valence-corrected chi connectivity index (χ1v) is 8.45. The van der Waals surface area contributed by atoms with Crippen molar-refractivity contribution < 1.29 is 23.1 Å². The van der Waals surface area contributed by atoms with Gasteiger partial charge in [-0.15, -0.1) is 4.83 Å². The quantitative estimate of drug-likeness (QED) is 0.648. The van der Waals surface area contributed by atoms with E-state index in [1.807, 2.05) is 4.83 Å². The number of rotatable bonds is 5. The fourth-order valence-electron chi connectivity index (χ4n) is 1.76. The van der Waals surface area contributed by atoms with Crippen molar-refractivity contribution in [1.29, 1.82) is 0 Å². The number of benzene rings is 1. The van der Waals surface area contributed by atoms with E-state index < -0.39 is 21.9 Å². The summed E-state index contributed by atoms with van der Waals surface area (Å²) in [6, 6.07) is 6.12. The highest BCUT2D eigenvalue weighted by molar-refractivity contribution is 9.10. The van der Waals surface area contributed by atoms with Crippen molar-refractivity contribution in [1.82, 2.24) is 14.8 Å². The molecule has 0 aliphatic heterocycles. The average Bonchev–Trinajstić information content (AvgIpc) is 2.83. The van der Waals surface area contributed by atoms with Crippen molar-refractivity contribution in [3.05, 3.63) is 52.3 Å². The number of hydrogen-bond donors (Lipinski definition) is 3.